The Balaban J connectivity index is 2.19. The van der Waals surface area contributed by atoms with Crippen LogP contribution >= 0.6 is 0 Å². The highest BCUT2D eigenvalue weighted by Crippen LogP contribution is 2.32. The summed E-state index contributed by atoms with van der Waals surface area (Å²) < 4.78 is 1.86. The summed E-state index contributed by atoms with van der Waals surface area (Å²) in [6.07, 6.45) is 2.51. The number of hydrogen-bond acceptors (Lipinski definition) is 4. The third kappa shape index (κ3) is 3.63. The van der Waals surface area contributed by atoms with Crippen LogP contribution in [0.2, 0.25) is 0 Å². The molecule has 0 aliphatic rings. The molecule has 2 aromatic heterocycles. The lowest BCUT2D eigenvalue weighted by molar-refractivity contribution is 0.0697. The third-order valence-corrected chi connectivity index (χ3v) is 5.22. The summed E-state index contributed by atoms with van der Waals surface area (Å²) in [5.41, 5.74) is 4.10. The molecule has 3 rings (SSSR count). The Morgan fingerprint density at radius 2 is 1.86 bits per heavy atom. The summed E-state index contributed by atoms with van der Waals surface area (Å²) in [5, 5.41) is 17.6. The van der Waals surface area contributed by atoms with Gasteiger partial charge in [0.15, 0.2) is 0 Å². The molecule has 0 fully saturated rings. The highest BCUT2D eigenvalue weighted by Gasteiger charge is 2.25. The molecular weight excluding hydrogens is 352 g/mol. The number of aryl methyl sites for hydroxylation is 2. The van der Waals surface area contributed by atoms with Crippen molar-refractivity contribution in [3.8, 4) is 5.69 Å². The summed E-state index contributed by atoms with van der Waals surface area (Å²) in [6, 6.07) is 11.2. The fourth-order valence-corrected chi connectivity index (χ4v) is 3.09. The first-order chi connectivity index (χ1) is 13.2. The van der Waals surface area contributed by atoms with Crippen molar-refractivity contribution in [1.82, 2.24) is 14.8 Å². The second kappa shape index (κ2) is 7.46. The van der Waals surface area contributed by atoms with Crippen LogP contribution in [0.25, 0.3) is 5.69 Å². The van der Waals surface area contributed by atoms with E-state index in [1.165, 1.54) is 6.07 Å². The number of carbonyl (C=O) groups is 1. The van der Waals surface area contributed by atoms with Crippen molar-refractivity contribution in [3.05, 3.63) is 65.0 Å². The molecule has 0 atom stereocenters. The standard InChI is InChI=1S/C22H26N4O2/c1-6-22(4,5)17-13-18(24-20-16(21(27)28)11-8-12-23-20)26(25-17)19-14(2)9-7-10-15(19)3/h7-13H,6H2,1-5H3,(H,23,24)(H,27,28). The van der Waals surface area contributed by atoms with Crippen LogP contribution in [-0.4, -0.2) is 25.8 Å². The largest absolute Gasteiger partial charge is 0.478 e. The van der Waals surface area contributed by atoms with E-state index in [0.717, 1.165) is 28.9 Å². The maximum Gasteiger partial charge on any atom is 0.339 e. The van der Waals surface area contributed by atoms with Crippen molar-refractivity contribution in [3.63, 3.8) is 0 Å². The van der Waals surface area contributed by atoms with Crippen LogP contribution in [-0.2, 0) is 5.41 Å². The van der Waals surface area contributed by atoms with Gasteiger partial charge in [-0.25, -0.2) is 14.5 Å². The third-order valence-electron chi connectivity index (χ3n) is 5.22. The molecule has 0 radical (unpaired) electrons. The van der Waals surface area contributed by atoms with Gasteiger partial charge in [0, 0.05) is 17.7 Å². The fraction of sp³-hybridized carbons (Fsp3) is 0.318. The zero-order chi connectivity index (χ0) is 20.5. The van der Waals surface area contributed by atoms with Crippen LogP contribution in [0.3, 0.4) is 0 Å². The smallest absolute Gasteiger partial charge is 0.339 e. The van der Waals surface area contributed by atoms with Gasteiger partial charge in [-0.3, -0.25) is 0 Å². The molecule has 0 spiro atoms. The van der Waals surface area contributed by atoms with Gasteiger partial charge in [0.25, 0.3) is 0 Å². The van der Waals surface area contributed by atoms with Crippen molar-refractivity contribution in [2.75, 3.05) is 5.32 Å². The number of nitrogens with zero attached hydrogens (tertiary/aromatic N) is 3. The monoisotopic (exact) mass is 378 g/mol. The molecule has 0 saturated heterocycles. The number of nitrogens with one attached hydrogen (secondary N) is 1. The SMILES string of the molecule is CCC(C)(C)c1cc(Nc2ncccc2C(=O)O)n(-c2c(C)cccc2C)n1. The first kappa shape index (κ1) is 19.6. The number of hydrogen-bond donors (Lipinski definition) is 2. The average Bonchev–Trinajstić information content (AvgIpc) is 3.06. The Bertz CT molecular complexity index is 1000. The molecule has 3 aromatic rings. The van der Waals surface area contributed by atoms with Crippen LogP contribution < -0.4 is 5.32 Å². The van der Waals surface area contributed by atoms with E-state index < -0.39 is 5.97 Å². The zero-order valence-electron chi connectivity index (χ0n) is 16.9. The summed E-state index contributed by atoms with van der Waals surface area (Å²) in [7, 11) is 0. The molecule has 1 aromatic carbocycles. The molecule has 0 unspecified atom stereocenters. The van der Waals surface area contributed by atoms with E-state index >= 15 is 0 Å². The molecule has 146 valence electrons. The van der Waals surface area contributed by atoms with Gasteiger partial charge in [-0.05, 0) is 43.5 Å². The minimum Gasteiger partial charge on any atom is -0.478 e. The van der Waals surface area contributed by atoms with E-state index in [1.54, 1.807) is 12.3 Å². The summed E-state index contributed by atoms with van der Waals surface area (Å²) >= 11 is 0. The fourth-order valence-electron chi connectivity index (χ4n) is 3.09. The maximum absolute atomic E-state index is 11.6. The van der Waals surface area contributed by atoms with Gasteiger partial charge in [-0.15, -0.1) is 0 Å². The molecule has 0 aliphatic heterocycles. The second-order valence-electron chi connectivity index (χ2n) is 7.63. The second-order valence-corrected chi connectivity index (χ2v) is 7.63. The number of benzene rings is 1. The highest BCUT2D eigenvalue weighted by atomic mass is 16.4. The molecule has 6 nitrogen and oxygen atoms in total. The van der Waals surface area contributed by atoms with Gasteiger partial charge in [0.2, 0.25) is 0 Å². The summed E-state index contributed by atoms with van der Waals surface area (Å²) in [6.45, 7) is 10.5. The Labute approximate surface area is 165 Å². The van der Waals surface area contributed by atoms with Crippen LogP contribution in [0, 0.1) is 13.8 Å². The van der Waals surface area contributed by atoms with Crippen molar-refractivity contribution in [2.45, 2.75) is 46.5 Å². The van der Waals surface area contributed by atoms with Crippen molar-refractivity contribution >= 4 is 17.6 Å². The Kier molecular flexibility index (Phi) is 5.23. The Morgan fingerprint density at radius 1 is 1.18 bits per heavy atom. The van der Waals surface area contributed by atoms with Gasteiger partial charge >= 0.3 is 5.97 Å². The lowest BCUT2D eigenvalue weighted by atomic mass is 9.87. The number of anilines is 2. The number of aromatic carboxylic acids is 1. The van der Waals surface area contributed by atoms with Crippen LogP contribution in [0.4, 0.5) is 11.6 Å². The number of para-hydroxylation sites is 1. The van der Waals surface area contributed by atoms with Crippen molar-refractivity contribution in [1.29, 1.82) is 0 Å². The van der Waals surface area contributed by atoms with E-state index in [9.17, 15) is 9.90 Å². The van der Waals surface area contributed by atoms with Gasteiger partial charge in [0.05, 0.1) is 11.4 Å². The zero-order valence-corrected chi connectivity index (χ0v) is 16.9. The van der Waals surface area contributed by atoms with Crippen LogP contribution in [0.15, 0.2) is 42.6 Å². The summed E-state index contributed by atoms with van der Waals surface area (Å²) in [4.78, 5) is 15.8. The Morgan fingerprint density at radius 3 is 2.46 bits per heavy atom. The van der Waals surface area contributed by atoms with Gasteiger partial charge in [0.1, 0.15) is 17.2 Å². The Hall–Kier alpha value is -3.15. The van der Waals surface area contributed by atoms with Gasteiger partial charge < -0.3 is 10.4 Å². The average molecular weight is 378 g/mol. The predicted octanol–water partition coefficient (Wildman–Crippen LogP) is 5.01. The van der Waals surface area contributed by atoms with E-state index in [2.05, 4.69) is 31.1 Å². The molecule has 2 heterocycles. The number of rotatable bonds is 6. The number of carboxylic acid groups (broad SMARTS) is 1. The topological polar surface area (TPSA) is 80.0 Å². The minimum absolute atomic E-state index is 0.113. The number of carboxylic acids is 1. The van der Waals surface area contributed by atoms with Gasteiger partial charge in [-0.1, -0.05) is 39.0 Å². The maximum atomic E-state index is 11.6. The molecule has 6 heteroatoms. The quantitative estimate of drug-likeness (QED) is 0.630. The normalized spacial score (nSPS) is 11.5. The van der Waals surface area contributed by atoms with E-state index in [1.807, 2.05) is 42.8 Å². The van der Waals surface area contributed by atoms with Crippen molar-refractivity contribution < 1.29 is 9.90 Å². The molecule has 0 bridgehead atoms. The first-order valence-electron chi connectivity index (χ1n) is 9.37. The molecule has 2 N–H and O–H groups in total. The van der Waals surface area contributed by atoms with Crippen LogP contribution in [0.1, 0.15) is 54.4 Å². The predicted molar refractivity (Wildman–Crippen MR) is 111 cm³/mol. The van der Waals surface area contributed by atoms with E-state index in [-0.39, 0.29) is 11.0 Å². The molecule has 0 amide bonds. The molecular formula is C22H26N4O2. The number of pyridine rings is 1. The lowest BCUT2D eigenvalue weighted by Gasteiger charge is -2.19. The molecule has 0 saturated carbocycles. The summed E-state index contributed by atoms with van der Waals surface area (Å²) in [5.74, 6) is -0.0405. The minimum atomic E-state index is -1.03. The molecule has 28 heavy (non-hydrogen) atoms. The number of aromatic nitrogens is 3. The van der Waals surface area contributed by atoms with E-state index in [0.29, 0.717) is 11.6 Å². The lowest BCUT2D eigenvalue weighted by Crippen LogP contribution is -2.17. The van der Waals surface area contributed by atoms with Crippen molar-refractivity contribution in [2.24, 2.45) is 0 Å². The molecule has 0 aliphatic carbocycles. The highest BCUT2D eigenvalue weighted by molar-refractivity contribution is 5.93. The van der Waals surface area contributed by atoms with Gasteiger partial charge in [-0.2, -0.15) is 5.10 Å². The van der Waals surface area contributed by atoms with Crippen LogP contribution in [0.5, 0.6) is 0 Å². The first-order valence-corrected chi connectivity index (χ1v) is 9.37. The van der Waals surface area contributed by atoms with E-state index in [4.69, 9.17) is 5.10 Å².